The van der Waals surface area contributed by atoms with Crippen molar-refractivity contribution in [2.24, 2.45) is 4.99 Å². The lowest BCUT2D eigenvalue weighted by atomic mass is 10.1. The number of aromatic nitrogens is 2. The Morgan fingerprint density at radius 3 is 2.61 bits per heavy atom. The molecule has 0 saturated heterocycles. The van der Waals surface area contributed by atoms with Gasteiger partial charge in [-0.3, -0.25) is 9.98 Å². The van der Waals surface area contributed by atoms with Crippen LogP contribution >= 0.6 is 0 Å². The van der Waals surface area contributed by atoms with Crippen LogP contribution in [0.1, 0.15) is 28.3 Å². The molecule has 23 heavy (non-hydrogen) atoms. The maximum Gasteiger partial charge on any atom is 0.185 e. The third-order valence-electron chi connectivity index (χ3n) is 3.47. The van der Waals surface area contributed by atoms with Crippen molar-refractivity contribution in [2.45, 2.75) is 13.8 Å². The summed E-state index contributed by atoms with van der Waals surface area (Å²) in [6.07, 6.45) is 7.31. The van der Waals surface area contributed by atoms with E-state index in [1.807, 2.05) is 61.7 Å². The summed E-state index contributed by atoms with van der Waals surface area (Å²) in [6, 6.07) is 13.9. The van der Waals surface area contributed by atoms with Gasteiger partial charge in [0.2, 0.25) is 0 Å². The normalized spacial score (nSPS) is 11.6. The Morgan fingerprint density at radius 2 is 1.83 bits per heavy atom. The van der Waals surface area contributed by atoms with Gasteiger partial charge in [0.15, 0.2) is 5.76 Å². The van der Waals surface area contributed by atoms with E-state index in [-0.39, 0.29) is 0 Å². The highest BCUT2D eigenvalue weighted by Gasteiger charge is 2.09. The van der Waals surface area contributed by atoms with E-state index >= 15 is 0 Å². The van der Waals surface area contributed by atoms with Crippen molar-refractivity contribution in [3.05, 3.63) is 76.9 Å². The average Bonchev–Trinajstić information content (AvgIpc) is 2.93. The second-order valence-electron chi connectivity index (χ2n) is 5.18. The summed E-state index contributed by atoms with van der Waals surface area (Å²) in [5, 5.41) is 4.00. The van der Waals surface area contributed by atoms with E-state index in [2.05, 4.69) is 28.1 Å². The molecule has 4 nitrogen and oxygen atoms in total. The summed E-state index contributed by atoms with van der Waals surface area (Å²) in [6.45, 7) is 3.94. The Kier molecular flexibility index (Phi) is 4.43. The molecule has 0 N–H and O–H groups in total. The lowest BCUT2D eigenvalue weighted by Gasteiger charge is -1.98. The Balaban J connectivity index is 1.87. The summed E-state index contributed by atoms with van der Waals surface area (Å²) in [5.74, 6) is 0.623. The van der Waals surface area contributed by atoms with E-state index in [1.54, 1.807) is 6.20 Å². The minimum absolute atomic E-state index is 0.623. The second-order valence-corrected chi connectivity index (χ2v) is 5.18. The van der Waals surface area contributed by atoms with Crippen LogP contribution in [0, 0.1) is 13.8 Å². The summed E-state index contributed by atoms with van der Waals surface area (Å²) in [4.78, 5) is 8.80. The van der Waals surface area contributed by atoms with Gasteiger partial charge in [-0.25, -0.2) is 0 Å². The molecule has 2 aromatic heterocycles. The Bertz CT molecular complexity index is 848. The van der Waals surface area contributed by atoms with Crippen LogP contribution in [0.25, 0.3) is 12.2 Å². The van der Waals surface area contributed by atoms with Gasteiger partial charge in [0.25, 0.3) is 0 Å². The molecule has 0 atom stereocenters. The van der Waals surface area contributed by atoms with Gasteiger partial charge in [-0.05, 0) is 49.3 Å². The molecule has 0 spiro atoms. The first-order valence-corrected chi connectivity index (χ1v) is 7.39. The maximum atomic E-state index is 5.36. The Hall–Kier alpha value is -3.01. The third kappa shape index (κ3) is 3.61. The average molecular weight is 303 g/mol. The van der Waals surface area contributed by atoms with Gasteiger partial charge in [0, 0.05) is 12.4 Å². The number of hydrogen-bond acceptors (Lipinski definition) is 4. The van der Waals surface area contributed by atoms with Crippen molar-refractivity contribution in [2.75, 3.05) is 0 Å². The lowest BCUT2D eigenvalue weighted by Crippen LogP contribution is -1.85. The molecule has 0 unspecified atom stereocenters. The molecule has 0 fully saturated rings. The van der Waals surface area contributed by atoms with Crippen molar-refractivity contribution in [1.29, 1.82) is 0 Å². The van der Waals surface area contributed by atoms with Crippen molar-refractivity contribution in [3.63, 3.8) is 0 Å². The molecule has 2 heterocycles. The topological polar surface area (TPSA) is 51.3 Å². The second kappa shape index (κ2) is 6.83. The van der Waals surface area contributed by atoms with Gasteiger partial charge in [-0.1, -0.05) is 35.5 Å². The molecule has 0 aliphatic heterocycles. The third-order valence-corrected chi connectivity index (χ3v) is 3.47. The van der Waals surface area contributed by atoms with E-state index in [9.17, 15) is 0 Å². The Morgan fingerprint density at radius 1 is 1.00 bits per heavy atom. The zero-order chi connectivity index (χ0) is 16.1. The van der Waals surface area contributed by atoms with Gasteiger partial charge in [0.1, 0.15) is 11.4 Å². The van der Waals surface area contributed by atoms with Crippen molar-refractivity contribution < 1.29 is 4.52 Å². The summed E-state index contributed by atoms with van der Waals surface area (Å²) in [7, 11) is 0. The fourth-order valence-electron chi connectivity index (χ4n) is 2.15. The molecule has 0 saturated carbocycles. The molecule has 1 aromatic carbocycles. The Labute approximate surface area is 135 Å². The molecule has 3 rings (SSSR count). The van der Waals surface area contributed by atoms with Gasteiger partial charge < -0.3 is 4.52 Å². The summed E-state index contributed by atoms with van der Waals surface area (Å²) in [5.41, 5.74) is 4.61. The maximum absolute atomic E-state index is 5.36. The highest BCUT2D eigenvalue weighted by Crippen LogP contribution is 2.25. The predicted molar refractivity (Wildman–Crippen MR) is 92.8 cm³/mol. The number of aryl methyl sites for hydroxylation is 2. The molecule has 0 radical (unpaired) electrons. The van der Waals surface area contributed by atoms with Crippen LogP contribution in [-0.4, -0.2) is 16.4 Å². The van der Waals surface area contributed by atoms with E-state index in [4.69, 9.17) is 4.52 Å². The van der Waals surface area contributed by atoms with Gasteiger partial charge in [0.05, 0.1) is 5.69 Å². The van der Waals surface area contributed by atoms with Crippen LogP contribution in [0.15, 0.2) is 58.2 Å². The molecular weight excluding hydrogens is 286 g/mol. The van der Waals surface area contributed by atoms with Crippen molar-refractivity contribution in [3.8, 4) is 0 Å². The van der Waals surface area contributed by atoms with Crippen LogP contribution < -0.4 is 0 Å². The molecule has 3 aromatic rings. The first kappa shape index (κ1) is 14.9. The van der Waals surface area contributed by atoms with E-state index < -0.39 is 0 Å². The summed E-state index contributed by atoms with van der Waals surface area (Å²) >= 11 is 0. The highest BCUT2D eigenvalue weighted by atomic mass is 16.5. The largest absolute Gasteiger partial charge is 0.354 e. The molecular formula is C19H17N3O. The zero-order valence-electron chi connectivity index (χ0n) is 13.1. The fourth-order valence-corrected chi connectivity index (χ4v) is 2.15. The molecule has 4 heteroatoms. The number of aliphatic imine (C=N–C) groups is 1. The minimum atomic E-state index is 0.623. The quantitative estimate of drug-likeness (QED) is 0.661. The zero-order valence-corrected chi connectivity index (χ0v) is 13.1. The van der Waals surface area contributed by atoms with Gasteiger partial charge >= 0.3 is 0 Å². The van der Waals surface area contributed by atoms with E-state index in [0.29, 0.717) is 5.76 Å². The number of benzene rings is 1. The molecule has 0 aliphatic carbocycles. The van der Waals surface area contributed by atoms with Crippen LogP contribution in [0.3, 0.4) is 0 Å². The first-order valence-electron chi connectivity index (χ1n) is 7.39. The number of hydrogen-bond donors (Lipinski definition) is 0. The molecule has 114 valence electrons. The van der Waals surface area contributed by atoms with Crippen LogP contribution in [0.2, 0.25) is 0 Å². The standard InChI is InChI=1S/C19H17N3O/c1-14-7-3-4-8-16(14)13-21-19-15(2)22-23-18(19)11-10-17-9-5-6-12-20-17/h3-13H,1-2H3/b11-10+,21-13?. The smallest absolute Gasteiger partial charge is 0.185 e. The number of rotatable bonds is 4. The fraction of sp³-hybridized carbons (Fsp3) is 0.105. The van der Waals surface area contributed by atoms with Crippen molar-refractivity contribution in [1.82, 2.24) is 10.1 Å². The monoisotopic (exact) mass is 303 g/mol. The van der Waals surface area contributed by atoms with E-state index in [1.165, 1.54) is 5.56 Å². The van der Waals surface area contributed by atoms with Crippen molar-refractivity contribution >= 4 is 24.1 Å². The van der Waals surface area contributed by atoms with Crippen LogP contribution in [-0.2, 0) is 0 Å². The van der Waals surface area contributed by atoms with E-state index in [0.717, 1.165) is 22.6 Å². The molecule has 0 amide bonds. The van der Waals surface area contributed by atoms with Gasteiger partial charge in [-0.15, -0.1) is 0 Å². The predicted octanol–water partition coefficient (Wildman–Crippen LogP) is 4.61. The SMILES string of the molecule is Cc1ccccc1C=Nc1c(C)noc1/C=C/c1ccccn1. The van der Waals surface area contributed by atoms with Gasteiger partial charge in [-0.2, -0.15) is 0 Å². The first-order chi connectivity index (χ1) is 11.2. The number of pyridine rings is 1. The molecule has 0 bridgehead atoms. The summed E-state index contributed by atoms with van der Waals surface area (Å²) < 4.78 is 5.36. The lowest BCUT2D eigenvalue weighted by molar-refractivity contribution is 0.408. The minimum Gasteiger partial charge on any atom is -0.354 e. The van der Waals surface area contributed by atoms with Crippen LogP contribution in [0.5, 0.6) is 0 Å². The highest BCUT2D eigenvalue weighted by molar-refractivity contribution is 5.85. The number of nitrogens with zero attached hydrogens (tertiary/aromatic N) is 3. The molecule has 0 aliphatic rings. The van der Waals surface area contributed by atoms with Crippen LogP contribution in [0.4, 0.5) is 5.69 Å².